The number of benzene rings is 1. The van der Waals surface area contributed by atoms with E-state index in [4.69, 9.17) is 4.42 Å². The van der Waals surface area contributed by atoms with Crippen molar-refractivity contribution in [2.75, 3.05) is 32.7 Å². The van der Waals surface area contributed by atoms with E-state index in [-0.39, 0.29) is 17.7 Å². The maximum atomic E-state index is 12.0. The summed E-state index contributed by atoms with van der Waals surface area (Å²) in [6, 6.07) is 7.77. The second kappa shape index (κ2) is 8.11. The molecule has 1 aromatic heterocycles. The number of piperidine rings is 1. The summed E-state index contributed by atoms with van der Waals surface area (Å²) >= 11 is 0. The van der Waals surface area contributed by atoms with Gasteiger partial charge in [-0.1, -0.05) is 12.1 Å². The van der Waals surface area contributed by atoms with Crippen LogP contribution in [-0.4, -0.2) is 54.4 Å². The lowest BCUT2D eigenvalue weighted by atomic mass is 9.98. The molecule has 1 aliphatic rings. The minimum atomic E-state index is -0.0912. The molecule has 0 unspecified atom stereocenters. The highest BCUT2D eigenvalue weighted by atomic mass is 16.3. The van der Waals surface area contributed by atoms with Gasteiger partial charge >= 0.3 is 0 Å². The van der Waals surface area contributed by atoms with Crippen LogP contribution in [0.4, 0.5) is 0 Å². The third-order valence-electron chi connectivity index (χ3n) is 4.35. The van der Waals surface area contributed by atoms with E-state index in [2.05, 4.69) is 20.5 Å². The molecule has 7 nitrogen and oxygen atoms in total. The monoisotopic (exact) mass is 344 g/mol. The number of hydrogen-bond acceptors (Lipinski definition) is 5. The molecule has 134 valence electrons. The Bertz CT molecular complexity index is 710. The number of amides is 2. The number of aromatic nitrogens is 1. The maximum absolute atomic E-state index is 12.0. The predicted molar refractivity (Wildman–Crippen MR) is 94.1 cm³/mol. The number of para-hydroxylation sites is 2. The molecule has 2 N–H and O–H groups in total. The standard InChI is InChI=1S/C18H24N4O3/c1-13(23)19-8-9-20-17(24)12-22-10-4-5-14(11-22)18-21-15-6-2-3-7-16(15)25-18/h2-3,6-7,14H,4-5,8-12H2,1H3,(H,19,23)(H,20,24)/t14-/m0/s1. The zero-order chi connectivity index (χ0) is 17.6. The van der Waals surface area contributed by atoms with Crippen molar-refractivity contribution >= 4 is 22.9 Å². The second-order valence-electron chi connectivity index (χ2n) is 6.43. The summed E-state index contributed by atoms with van der Waals surface area (Å²) in [7, 11) is 0. The van der Waals surface area contributed by atoms with Gasteiger partial charge in [-0.15, -0.1) is 0 Å². The van der Waals surface area contributed by atoms with Crippen molar-refractivity contribution in [2.45, 2.75) is 25.7 Å². The van der Waals surface area contributed by atoms with Crippen LogP contribution in [-0.2, 0) is 9.59 Å². The van der Waals surface area contributed by atoms with E-state index in [1.807, 2.05) is 24.3 Å². The first-order valence-electron chi connectivity index (χ1n) is 8.71. The molecule has 25 heavy (non-hydrogen) atoms. The fraction of sp³-hybridized carbons (Fsp3) is 0.500. The largest absolute Gasteiger partial charge is 0.440 e. The summed E-state index contributed by atoms with van der Waals surface area (Å²) in [6.07, 6.45) is 2.04. The summed E-state index contributed by atoms with van der Waals surface area (Å²) < 4.78 is 5.88. The Morgan fingerprint density at radius 3 is 2.88 bits per heavy atom. The second-order valence-corrected chi connectivity index (χ2v) is 6.43. The summed E-state index contributed by atoms with van der Waals surface area (Å²) in [5, 5.41) is 5.48. The molecule has 2 aromatic rings. The summed E-state index contributed by atoms with van der Waals surface area (Å²) in [4.78, 5) is 29.6. The molecule has 0 spiro atoms. The number of rotatable bonds is 6. The fourth-order valence-electron chi connectivity index (χ4n) is 3.16. The number of nitrogens with zero attached hydrogens (tertiary/aromatic N) is 2. The number of oxazole rings is 1. The molecule has 1 fully saturated rings. The predicted octanol–water partition coefficient (Wildman–Crippen LogP) is 1.26. The molecule has 2 amide bonds. The molecule has 1 atom stereocenters. The first kappa shape index (κ1) is 17.4. The van der Waals surface area contributed by atoms with E-state index in [1.54, 1.807) is 0 Å². The van der Waals surface area contributed by atoms with Crippen LogP contribution in [0.1, 0.15) is 31.6 Å². The van der Waals surface area contributed by atoms with Gasteiger partial charge < -0.3 is 15.1 Å². The van der Waals surface area contributed by atoms with E-state index in [1.165, 1.54) is 6.92 Å². The number of carbonyl (C=O) groups excluding carboxylic acids is 2. The first-order valence-corrected chi connectivity index (χ1v) is 8.71. The minimum Gasteiger partial charge on any atom is -0.440 e. The molecule has 1 saturated heterocycles. The molecular weight excluding hydrogens is 320 g/mol. The number of likely N-dealkylation sites (tertiary alicyclic amines) is 1. The van der Waals surface area contributed by atoms with Crippen LogP contribution >= 0.6 is 0 Å². The lowest BCUT2D eigenvalue weighted by Crippen LogP contribution is -2.43. The van der Waals surface area contributed by atoms with E-state index in [9.17, 15) is 9.59 Å². The Morgan fingerprint density at radius 1 is 1.28 bits per heavy atom. The van der Waals surface area contributed by atoms with Gasteiger partial charge in [0.1, 0.15) is 5.52 Å². The molecule has 1 aliphatic heterocycles. The first-order chi connectivity index (χ1) is 12.1. The highest BCUT2D eigenvalue weighted by molar-refractivity contribution is 5.78. The van der Waals surface area contributed by atoms with Gasteiger partial charge in [-0.3, -0.25) is 14.5 Å². The molecule has 0 bridgehead atoms. The third-order valence-corrected chi connectivity index (χ3v) is 4.35. The Kier molecular flexibility index (Phi) is 5.65. The fourth-order valence-corrected chi connectivity index (χ4v) is 3.16. The van der Waals surface area contributed by atoms with Crippen molar-refractivity contribution in [3.63, 3.8) is 0 Å². The van der Waals surface area contributed by atoms with Crippen LogP contribution in [0.2, 0.25) is 0 Å². The van der Waals surface area contributed by atoms with Crippen LogP contribution in [0, 0.1) is 0 Å². The van der Waals surface area contributed by atoms with Crippen LogP contribution in [0.3, 0.4) is 0 Å². The Morgan fingerprint density at radius 2 is 2.08 bits per heavy atom. The van der Waals surface area contributed by atoms with Gasteiger partial charge in [0.15, 0.2) is 11.5 Å². The lowest BCUT2D eigenvalue weighted by Gasteiger charge is -2.30. The highest BCUT2D eigenvalue weighted by Gasteiger charge is 2.26. The molecular formula is C18H24N4O3. The van der Waals surface area contributed by atoms with Crippen molar-refractivity contribution in [1.29, 1.82) is 0 Å². The Balaban J connectivity index is 1.50. The van der Waals surface area contributed by atoms with Gasteiger partial charge in [-0.05, 0) is 31.5 Å². The number of hydrogen-bond donors (Lipinski definition) is 2. The smallest absolute Gasteiger partial charge is 0.234 e. The van der Waals surface area contributed by atoms with Crippen molar-refractivity contribution in [3.8, 4) is 0 Å². The van der Waals surface area contributed by atoms with E-state index < -0.39 is 0 Å². The maximum Gasteiger partial charge on any atom is 0.234 e. The average Bonchev–Trinajstić information content (AvgIpc) is 3.03. The van der Waals surface area contributed by atoms with E-state index in [0.717, 1.165) is 42.9 Å². The summed E-state index contributed by atoms with van der Waals surface area (Å²) in [5.74, 6) is 0.861. The molecule has 7 heteroatoms. The van der Waals surface area contributed by atoms with Crippen molar-refractivity contribution in [1.82, 2.24) is 20.5 Å². The van der Waals surface area contributed by atoms with Gasteiger partial charge in [-0.25, -0.2) is 4.98 Å². The molecule has 0 radical (unpaired) electrons. The van der Waals surface area contributed by atoms with Gasteiger partial charge in [0, 0.05) is 32.5 Å². The van der Waals surface area contributed by atoms with Gasteiger partial charge in [0.2, 0.25) is 11.8 Å². The normalized spacial score (nSPS) is 18.2. The SMILES string of the molecule is CC(=O)NCCNC(=O)CN1CCC[C@H](c2nc3ccccc3o2)C1. The van der Waals surface area contributed by atoms with Crippen LogP contribution in [0.15, 0.2) is 28.7 Å². The van der Waals surface area contributed by atoms with Crippen molar-refractivity contribution < 1.29 is 14.0 Å². The van der Waals surface area contributed by atoms with Crippen LogP contribution in [0.25, 0.3) is 11.1 Å². The van der Waals surface area contributed by atoms with Crippen LogP contribution < -0.4 is 10.6 Å². The number of nitrogens with one attached hydrogen (secondary N) is 2. The van der Waals surface area contributed by atoms with Gasteiger partial charge in [0.05, 0.1) is 6.54 Å². The van der Waals surface area contributed by atoms with Crippen LogP contribution in [0.5, 0.6) is 0 Å². The molecule has 0 aliphatic carbocycles. The zero-order valence-corrected chi connectivity index (χ0v) is 14.5. The Labute approximate surface area is 146 Å². The lowest BCUT2D eigenvalue weighted by molar-refractivity contribution is -0.123. The van der Waals surface area contributed by atoms with Crippen molar-refractivity contribution in [2.24, 2.45) is 0 Å². The quantitative estimate of drug-likeness (QED) is 0.771. The Hall–Kier alpha value is -2.41. The topological polar surface area (TPSA) is 87.5 Å². The van der Waals surface area contributed by atoms with E-state index >= 15 is 0 Å². The molecule has 1 aromatic carbocycles. The van der Waals surface area contributed by atoms with E-state index in [0.29, 0.717) is 19.6 Å². The van der Waals surface area contributed by atoms with Gasteiger partial charge in [0.25, 0.3) is 0 Å². The van der Waals surface area contributed by atoms with Gasteiger partial charge in [-0.2, -0.15) is 0 Å². The summed E-state index contributed by atoms with van der Waals surface area (Å²) in [5.41, 5.74) is 1.69. The molecule has 2 heterocycles. The summed E-state index contributed by atoms with van der Waals surface area (Å²) in [6.45, 7) is 4.38. The zero-order valence-electron chi connectivity index (χ0n) is 14.5. The molecule has 3 rings (SSSR count). The number of carbonyl (C=O) groups is 2. The number of fused-ring (bicyclic) bond motifs is 1. The molecule has 0 saturated carbocycles. The highest BCUT2D eigenvalue weighted by Crippen LogP contribution is 2.28. The minimum absolute atomic E-state index is 0.0245. The van der Waals surface area contributed by atoms with Crippen molar-refractivity contribution in [3.05, 3.63) is 30.2 Å². The third kappa shape index (κ3) is 4.79. The average molecular weight is 344 g/mol.